The Labute approximate surface area is 136 Å². The summed E-state index contributed by atoms with van der Waals surface area (Å²) in [7, 11) is 0. The second kappa shape index (κ2) is 6.82. The highest BCUT2D eigenvalue weighted by molar-refractivity contribution is 6.08. The van der Waals surface area contributed by atoms with E-state index >= 15 is 0 Å². The Morgan fingerprint density at radius 2 is 1.96 bits per heavy atom. The van der Waals surface area contributed by atoms with Crippen LogP contribution in [-0.2, 0) is 9.53 Å². The highest BCUT2D eigenvalue weighted by atomic mass is 16.5. The van der Waals surface area contributed by atoms with Gasteiger partial charge in [0, 0.05) is 12.1 Å². The molecule has 0 bridgehead atoms. The van der Waals surface area contributed by atoms with Crippen molar-refractivity contribution in [2.24, 2.45) is 0 Å². The van der Waals surface area contributed by atoms with Gasteiger partial charge in [0.1, 0.15) is 6.04 Å². The molecule has 1 atom stereocenters. The average Bonchev–Trinajstić information content (AvgIpc) is 3.08. The summed E-state index contributed by atoms with van der Waals surface area (Å²) in [6.07, 6.45) is 2.30. The van der Waals surface area contributed by atoms with Crippen LogP contribution in [0.25, 0.3) is 10.8 Å². The molecule has 0 aromatic heterocycles. The first-order chi connectivity index (χ1) is 11.2. The fraction of sp³-hybridized carbons (Fsp3) is 0.368. The number of benzene rings is 2. The minimum Gasteiger partial charge on any atom is -0.464 e. The number of carbonyl (C=O) groups excluding carboxylic acids is 2. The molecule has 1 aliphatic heterocycles. The highest BCUT2D eigenvalue weighted by Crippen LogP contribution is 2.25. The molecule has 4 nitrogen and oxygen atoms in total. The fourth-order valence-electron chi connectivity index (χ4n) is 3.12. The van der Waals surface area contributed by atoms with E-state index in [-0.39, 0.29) is 11.9 Å². The van der Waals surface area contributed by atoms with Gasteiger partial charge in [-0.15, -0.1) is 0 Å². The van der Waals surface area contributed by atoms with Gasteiger partial charge in [0.05, 0.1) is 6.61 Å². The minimum absolute atomic E-state index is 0.0854. The smallest absolute Gasteiger partial charge is 0.328 e. The standard InChI is InChI=1S/C19H21NO3/c1-2-13-23-19(22)17-11-6-12-20(17)18(21)16-10-5-8-14-7-3-4-9-15(14)16/h3-5,7-10,17H,2,6,11-13H2,1H3. The Kier molecular flexibility index (Phi) is 4.60. The summed E-state index contributed by atoms with van der Waals surface area (Å²) >= 11 is 0. The molecule has 0 spiro atoms. The van der Waals surface area contributed by atoms with Gasteiger partial charge in [-0.3, -0.25) is 4.79 Å². The number of nitrogens with zero attached hydrogens (tertiary/aromatic N) is 1. The van der Waals surface area contributed by atoms with Crippen molar-refractivity contribution in [3.05, 3.63) is 48.0 Å². The number of carbonyl (C=O) groups is 2. The van der Waals surface area contributed by atoms with E-state index in [1.165, 1.54) is 0 Å². The van der Waals surface area contributed by atoms with Gasteiger partial charge in [0.25, 0.3) is 5.91 Å². The molecule has 1 amide bonds. The van der Waals surface area contributed by atoms with Crippen LogP contribution < -0.4 is 0 Å². The van der Waals surface area contributed by atoms with Gasteiger partial charge < -0.3 is 9.64 Å². The maximum atomic E-state index is 13.0. The first-order valence-corrected chi connectivity index (χ1v) is 8.17. The monoisotopic (exact) mass is 311 g/mol. The van der Waals surface area contributed by atoms with Crippen LogP contribution in [0.15, 0.2) is 42.5 Å². The summed E-state index contributed by atoms with van der Waals surface area (Å²) < 4.78 is 5.25. The van der Waals surface area contributed by atoms with E-state index in [0.717, 1.165) is 23.6 Å². The molecule has 2 aromatic carbocycles. The molecule has 0 radical (unpaired) electrons. The van der Waals surface area contributed by atoms with Gasteiger partial charge in [-0.1, -0.05) is 43.3 Å². The van der Waals surface area contributed by atoms with Crippen LogP contribution >= 0.6 is 0 Å². The highest BCUT2D eigenvalue weighted by Gasteiger charge is 2.35. The van der Waals surface area contributed by atoms with Crippen molar-refractivity contribution >= 4 is 22.6 Å². The molecule has 0 N–H and O–H groups in total. The van der Waals surface area contributed by atoms with E-state index in [2.05, 4.69) is 0 Å². The van der Waals surface area contributed by atoms with Crippen LogP contribution in [0.3, 0.4) is 0 Å². The average molecular weight is 311 g/mol. The lowest BCUT2D eigenvalue weighted by molar-refractivity contribution is -0.148. The third kappa shape index (κ3) is 3.07. The van der Waals surface area contributed by atoms with E-state index in [1.54, 1.807) is 4.90 Å². The topological polar surface area (TPSA) is 46.6 Å². The number of amides is 1. The van der Waals surface area contributed by atoms with E-state index in [9.17, 15) is 9.59 Å². The molecular weight excluding hydrogens is 290 g/mol. The lowest BCUT2D eigenvalue weighted by atomic mass is 10.0. The van der Waals surface area contributed by atoms with Crippen LogP contribution in [0, 0.1) is 0 Å². The predicted octanol–water partition coefficient (Wildman–Crippen LogP) is 3.40. The Morgan fingerprint density at radius 1 is 1.17 bits per heavy atom. The number of hydrogen-bond acceptors (Lipinski definition) is 3. The van der Waals surface area contributed by atoms with Crippen LogP contribution in [0.1, 0.15) is 36.5 Å². The minimum atomic E-state index is -0.451. The van der Waals surface area contributed by atoms with Crippen molar-refractivity contribution in [2.45, 2.75) is 32.2 Å². The Morgan fingerprint density at radius 3 is 2.78 bits per heavy atom. The molecule has 1 fully saturated rings. The zero-order valence-electron chi connectivity index (χ0n) is 13.3. The molecule has 4 heteroatoms. The molecule has 3 rings (SSSR count). The molecule has 23 heavy (non-hydrogen) atoms. The van der Waals surface area contributed by atoms with E-state index in [4.69, 9.17) is 4.74 Å². The maximum absolute atomic E-state index is 13.0. The number of hydrogen-bond donors (Lipinski definition) is 0. The van der Waals surface area contributed by atoms with Crippen molar-refractivity contribution in [1.82, 2.24) is 4.90 Å². The number of ether oxygens (including phenoxy) is 1. The van der Waals surface area contributed by atoms with Crippen molar-refractivity contribution in [2.75, 3.05) is 13.2 Å². The molecule has 1 unspecified atom stereocenters. The molecule has 0 saturated carbocycles. The van der Waals surface area contributed by atoms with Crippen molar-refractivity contribution in [3.63, 3.8) is 0 Å². The molecule has 120 valence electrons. The Balaban J connectivity index is 1.88. The van der Waals surface area contributed by atoms with E-state index in [0.29, 0.717) is 25.1 Å². The maximum Gasteiger partial charge on any atom is 0.328 e. The molecule has 2 aromatic rings. The van der Waals surface area contributed by atoms with Gasteiger partial charge in [-0.05, 0) is 36.1 Å². The summed E-state index contributed by atoms with van der Waals surface area (Å²) in [5, 5.41) is 1.95. The molecule has 1 saturated heterocycles. The Bertz CT molecular complexity index is 720. The summed E-state index contributed by atoms with van der Waals surface area (Å²) in [5.74, 6) is -0.365. The molecular formula is C19H21NO3. The van der Waals surface area contributed by atoms with Gasteiger partial charge in [0.15, 0.2) is 0 Å². The van der Waals surface area contributed by atoms with E-state index in [1.807, 2.05) is 49.4 Å². The second-order valence-corrected chi connectivity index (χ2v) is 5.85. The fourth-order valence-corrected chi connectivity index (χ4v) is 3.12. The Hall–Kier alpha value is -2.36. The van der Waals surface area contributed by atoms with Gasteiger partial charge >= 0.3 is 5.97 Å². The lowest BCUT2D eigenvalue weighted by Gasteiger charge is -2.24. The zero-order chi connectivity index (χ0) is 16.2. The van der Waals surface area contributed by atoms with E-state index < -0.39 is 6.04 Å². The predicted molar refractivity (Wildman–Crippen MR) is 89.3 cm³/mol. The first-order valence-electron chi connectivity index (χ1n) is 8.17. The molecule has 1 heterocycles. The third-order valence-electron chi connectivity index (χ3n) is 4.25. The molecule has 1 aliphatic rings. The molecule has 0 aliphatic carbocycles. The zero-order valence-corrected chi connectivity index (χ0v) is 13.3. The van der Waals surface area contributed by atoms with Crippen LogP contribution in [0.4, 0.5) is 0 Å². The number of esters is 1. The van der Waals surface area contributed by atoms with Crippen LogP contribution in [0.2, 0.25) is 0 Å². The second-order valence-electron chi connectivity index (χ2n) is 5.85. The normalized spacial score (nSPS) is 17.4. The van der Waals surface area contributed by atoms with Crippen molar-refractivity contribution in [1.29, 1.82) is 0 Å². The number of fused-ring (bicyclic) bond motifs is 1. The van der Waals surface area contributed by atoms with Gasteiger partial charge in [-0.25, -0.2) is 4.79 Å². The first kappa shape index (κ1) is 15.5. The SMILES string of the molecule is CCCOC(=O)C1CCCN1C(=O)c1cccc2ccccc12. The largest absolute Gasteiger partial charge is 0.464 e. The quantitative estimate of drug-likeness (QED) is 0.813. The number of likely N-dealkylation sites (tertiary alicyclic amines) is 1. The third-order valence-corrected chi connectivity index (χ3v) is 4.25. The van der Waals surface area contributed by atoms with Crippen molar-refractivity contribution < 1.29 is 14.3 Å². The summed E-state index contributed by atoms with van der Waals surface area (Å²) in [4.78, 5) is 26.8. The number of rotatable bonds is 4. The van der Waals surface area contributed by atoms with Crippen LogP contribution in [-0.4, -0.2) is 36.0 Å². The van der Waals surface area contributed by atoms with Gasteiger partial charge in [0.2, 0.25) is 0 Å². The summed E-state index contributed by atoms with van der Waals surface area (Å²) in [5.41, 5.74) is 0.651. The lowest BCUT2D eigenvalue weighted by Crippen LogP contribution is -2.41. The van der Waals surface area contributed by atoms with Crippen molar-refractivity contribution in [3.8, 4) is 0 Å². The summed E-state index contributed by atoms with van der Waals surface area (Å²) in [6, 6.07) is 13.1. The van der Waals surface area contributed by atoms with Gasteiger partial charge in [-0.2, -0.15) is 0 Å². The summed E-state index contributed by atoms with van der Waals surface area (Å²) in [6.45, 7) is 2.97. The van der Waals surface area contributed by atoms with Crippen LogP contribution in [0.5, 0.6) is 0 Å².